The van der Waals surface area contributed by atoms with E-state index in [-0.39, 0.29) is 23.7 Å². The number of anilines is 3. The van der Waals surface area contributed by atoms with E-state index in [2.05, 4.69) is 20.6 Å². The molecule has 0 unspecified atom stereocenters. The maximum atomic E-state index is 13.1. The van der Waals surface area contributed by atoms with E-state index < -0.39 is 17.4 Å². The number of ether oxygens (including phenoxy) is 1. The molecule has 9 nitrogen and oxygen atoms in total. The predicted molar refractivity (Wildman–Crippen MR) is 113 cm³/mol. The van der Waals surface area contributed by atoms with Gasteiger partial charge in [0.25, 0.3) is 5.56 Å². The molecule has 1 aromatic carbocycles. The average molecular weight is 411 g/mol. The Balaban J connectivity index is 1.66. The second-order valence-electron chi connectivity index (χ2n) is 7.70. The van der Waals surface area contributed by atoms with E-state index in [9.17, 15) is 14.4 Å². The van der Waals surface area contributed by atoms with E-state index in [0.29, 0.717) is 17.4 Å². The number of nitrogens with zero attached hydrogens (tertiary/aromatic N) is 2. The highest BCUT2D eigenvalue weighted by atomic mass is 16.5. The van der Waals surface area contributed by atoms with Gasteiger partial charge in [-0.25, -0.2) is 0 Å². The third-order valence-electron chi connectivity index (χ3n) is 5.52. The molecule has 1 aromatic heterocycles. The molecule has 1 fully saturated rings. The van der Waals surface area contributed by atoms with E-state index in [1.807, 2.05) is 17.9 Å². The second-order valence-corrected chi connectivity index (χ2v) is 7.70. The fourth-order valence-corrected chi connectivity index (χ4v) is 3.98. The largest absolute Gasteiger partial charge is 0.495 e. The number of aromatic nitrogens is 2. The van der Waals surface area contributed by atoms with Crippen molar-refractivity contribution in [3.63, 3.8) is 0 Å². The fraction of sp³-hybridized carbons (Fsp3) is 0.429. The molecule has 0 spiro atoms. The van der Waals surface area contributed by atoms with Crippen LogP contribution in [0.5, 0.6) is 5.75 Å². The molecule has 2 aliphatic heterocycles. The third kappa shape index (κ3) is 3.87. The van der Waals surface area contributed by atoms with E-state index in [1.165, 1.54) is 7.11 Å². The molecule has 0 aliphatic carbocycles. The highest BCUT2D eigenvalue weighted by Gasteiger charge is 2.35. The maximum Gasteiger partial charge on any atom is 0.258 e. The summed E-state index contributed by atoms with van der Waals surface area (Å²) in [6, 6.07) is 5.41. The molecule has 158 valence electrons. The molecule has 0 bridgehead atoms. The number of nitrogens with one attached hydrogen (secondary N) is 3. The van der Waals surface area contributed by atoms with Crippen molar-refractivity contribution in [3.8, 4) is 5.75 Å². The van der Waals surface area contributed by atoms with Crippen molar-refractivity contribution >= 4 is 29.3 Å². The van der Waals surface area contributed by atoms with Crippen molar-refractivity contribution < 1.29 is 14.3 Å². The molecule has 2 aliphatic rings. The van der Waals surface area contributed by atoms with Crippen LogP contribution in [0, 0.1) is 6.92 Å². The first-order chi connectivity index (χ1) is 14.5. The molecule has 1 atom stereocenters. The van der Waals surface area contributed by atoms with Crippen molar-refractivity contribution in [3.05, 3.63) is 39.7 Å². The molecule has 2 amide bonds. The van der Waals surface area contributed by atoms with Gasteiger partial charge in [0.2, 0.25) is 17.8 Å². The van der Waals surface area contributed by atoms with Crippen LogP contribution in [-0.4, -0.2) is 42.0 Å². The number of H-pyrrole nitrogens is 1. The monoisotopic (exact) mass is 411 g/mol. The number of aromatic amines is 1. The lowest BCUT2D eigenvalue weighted by Crippen LogP contribution is -2.38. The van der Waals surface area contributed by atoms with Crippen LogP contribution in [0.4, 0.5) is 17.5 Å². The topological polar surface area (TPSA) is 116 Å². The first kappa shape index (κ1) is 19.9. The summed E-state index contributed by atoms with van der Waals surface area (Å²) in [6.45, 7) is 3.49. The normalized spacial score (nSPS) is 18.4. The summed E-state index contributed by atoms with van der Waals surface area (Å²) in [4.78, 5) is 47.5. The second kappa shape index (κ2) is 8.17. The molecule has 3 N–H and O–H groups in total. The minimum Gasteiger partial charge on any atom is -0.495 e. The number of hydrogen-bond acceptors (Lipinski definition) is 6. The van der Waals surface area contributed by atoms with Crippen LogP contribution in [0.1, 0.15) is 42.7 Å². The Bertz CT molecular complexity index is 1040. The van der Waals surface area contributed by atoms with Crippen LogP contribution in [0.25, 0.3) is 0 Å². The first-order valence-corrected chi connectivity index (χ1v) is 10.1. The average Bonchev–Trinajstić information content (AvgIpc) is 2.73. The number of carbonyl (C=O) groups excluding carboxylic acids is 2. The summed E-state index contributed by atoms with van der Waals surface area (Å²) in [5.41, 5.74) is 1.21. The van der Waals surface area contributed by atoms with Crippen LogP contribution < -0.4 is 25.8 Å². The minimum atomic E-state index is -0.939. The maximum absolute atomic E-state index is 13.1. The van der Waals surface area contributed by atoms with Crippen molar-refractivity contribution in [2.75, 3.05) is 35.7 Å². The number of amides is 2. The van der Waals surface area contributed by atoms with E-state index in [0.717, 1.165) is 37.9 Å². The predicted octanol–water partition coefficient (Wildman–Crippen LogP) is 2.14. The number of aryl methyl sites for hydroxylation is 1. The molecular weight excluding hydrogens is 386 g/mol. The van der Waals surface area contributed by atoms with E-state index in [4.69, 9.17) is 4.74 Å². The lowest BCUT2D eigenvalue weighted by atomic mass is 9.92. The van der Waals surface area contributed by atoms with Gasteiger partial charge in [0, 0.05) is 19.5 Å². The number of hydrogen-bond donors (Lipinski definition) is 3. The number of methoxy groups -OCH3 is 1. The fourth-order valence-electron chi connectivity index (χ4n) is 3.98. The summed E-state index contributed by atoms with van der Waals surface area (Å²) < 4.78 is 5.31. The molecule has 4 rings (SSSR count). The van der Waals surface area contributed by atoms with Gasteiger partial charge in [-0.3, -0.25) is 19.4 Å². The number of piperidine rings is 1. The van der Waals surface area contributed by atoms with Gasteiger partial charge in [-0.05, 0) is 43.9 Å². The van der Waals surface area contributed by atoms with Crippen molar-refractivity contribution in [2.24, 2.45) is 0 Å². The number of carbonyl (C=O) groups is 2. The Hall–Kier alpha value is -3.36. The van der Waals surface area contributed by atoms with Gasteiger partial charge < -0.3 is 20.3 Å². The van der Waals surface area contributed by atoms with Gasteiger partial charge in [0.1, 0.15) is 11.6 Å². The van der Waals surface area contributed by atoms with E-state index >= 15 is 0 Å². The van der Waals surface area contributed by atoms with Crippen LogP contribution in [0.3, 0.4) is 0 Å². The summed E-state index contributed by atoms with van der Waals surface area (Å²) in [5, 5.41) is 5.46. The quantitative estimate of drug-likeness (QED) is 0.710. The lowest BCUT2D eigenvalue weighted by molar-refractivity contribution is -0.123. The van der Waals surface area contributed by atoms with Crippen LogP contribution in [-0.2, 0) is 9.59 Å². The molecule has 1 saturated heterocycles. The highest BCUT2D eigenvalue weighted by Crippen LogP contribution is 2.32. The molecule has 9 heteroatoms. The Kier molecular flexibility index (Phi) is 5.43. The summed E-state index contributed by atoms with van der Waals surface area (Å²) in [7, 11) is 1.51. The number of benzene rings is 1. The minimum absolute atomic E-state index is 0.124. The Labute approximate surface area is 173 Å². The van der Waals surface area contributed by atoms with Crippen LogP contribution in [0.2, 0.25) is 0 Å². The molecule has 0 radical (unpaired) electrons. The summed E-state index contributed by atoms with van der Waals surface area (Å²) >= 11 is 0. The van der Waals surface area contributed by atoms with Gasteiger partial charge >= 0.3 is 0 Å². The zero-order chi connectivity index (χ0) is 21.3. The molecule has 3 heterocycles. The van der Waals surface area contributed by atoms with Gasteiger partial charge in [-0.15, -0.1) is 0 Å². The standard InChI is InChI=1S/C21H25N5O4/c1-12-6-7-15(30-2)14(10-12)22-19(28)13-11-16(27)23-18-17(13)20(29)25-21(24-18)26-8-4-3-5-9-26/h6-7,10,13H,3-5,8-9,11H2,1-2H3,(H,22,28)(H2,23,24,25,27,29)/t13-/m0/s1. The Morgan fingerprint density at radius 1 is 1.23 bits per heavy atom. The number of fused-ring (bicyclic) bond motifs is 1. The van der Waals surface area contributed by atoms with Crippen LogP contribution >= 0.6 is 0 Å². The van der Waals surface area contributed by atoms with Gasteiger partial charge in [-0.2, -0.15) is 4.98 Å². The number of rotatable bonds is 4. The zero-order valence-corrected chi connectivity index (χ0v) is 17.1. The molecule has 0 saturated carbocycles. The molecule has 2 aromatic rings. The van der Waals surface area contributed by atoms with E-state index in [1.54, 1.807) is 12.1 Å². The smallest absolute Gasteiger partial charge is 0.258 e. The first-order valence-electron chi connectivity index (χ1n) is 10.1. The zero-order valence-electron chi connectivity index (χ0n) is 17.1. The van der Waals surface area contributed by atoms with Gasteiger partial charge in [-0.1, -0.05) is 6.07 Å². The van der Waals surface area contributed by atoms with Crippen molar-refractivity contribution in [2.45, 2.75) is 38.5 Å². The summed E-state index contributed by atoms with van der Waals surface area (Å²) in [6.07, 6.45) is 3.07. The molecule has 30 heavy (non-hydrogen) atoms. The highest BCUT2D eigenvalue weighted by molar-refractivity contribution is 6.05. The van der Waals surface area contributed by atoms with Crippen LogP contribution in [0.15, 0.2) is 23.0 Å². The van der Waals surface area contributed by atoms with Crippen molar-refractivity contribution in [1.29, 1.82) is 0 Å². The third-order valence-corrected chi connectivity index (χ3v) is 5.52. The van der Waals surface area contributed by atoms with Gasteiger partial charge in [0.15, 0.2) is 0 Å². The lowest BCUT2D eigenvalue weighted by Gasteiger charge is -2.29. The van der Waals surface area contributed by atoms with Crippen molar-refractivity contribution in [1.82, 2.24) is 9.97 Å². The SMILES string of the molecule is COc1ccc(C)cc1NC(=O)[C@H]1CC(=O)Nc2nc(N3CCCCC3)[nH]c(=O)c21. The van der Waals surface area contributed by atoms with Gasteiger partial charge in [0.05, 0.1) is 24.3 Å². The summed E-state index contributed by atoms with van der Waals surface area (Å²) in [5.74, 6) is -0.644. The Morgan fingerprint density at radius 3 is 2.73 bits per heavy atom. The molecular formula is C21H25N5O4. The Morgan fingerprint density at radius 2 is 2.00 bits per heavy atom.